The zero-order valence-electron chi connectivity index (χ0n) is 25.5. The quantitative estimate of drug-likeness (QED) is 0.232. The average molecular weight is 589 g/mol. The van der Waals surface area contributed by atoms with Crippen LogP contribution in [0.15, 0.2) is 103 Å². The van der Waals surface area contributed by atoms with E-state index < -0.39 is 5.54 Å². The third kappa shape index (κ3) is 6.07. The van der Waals surface area contributed by atoms with Crippen LogP contribution in [0.25, 0.3) is 0 Å². The fraction of sp³-hybridized carbons (Fsp3) is 0.316. The first-order valence-corrected chi connectivity index (χ1v) is 15.5. The molecule has 0 heterocycles. The first-order chi connectivity index (χ1) is 21.5. The van der Waals surface area contributed by atoms with Crippen molar-refractivity contribution in [3.05, 3.63) is 125 Å². The molecule has 1 unspecified atom stereocenters. The molecule has 3 atom stereocenters. The minimum absolute atomic E-state index is 0.0495. The lowest BCUT2D eigenvalue weighted by Gasteiger charge is -2.51. The van der Waals surface area contributed by atoms with E-state index in [4.69, 9.17) is 9.47 Å². The largest absolute Gasteiger partial charge is 0.497 e. The number of hydrogen-bond acceptors (Lipinski definition) is 4. The van der Waals surface area contributed by atoms with Crippen molar-refractivity contribution in [2.24, 2.45) is 11.8 Å². The molecule has 0 aromatic heterocycles. The summed E-state index contributed by atoms with van der Waals surface area (Å²) in [5, 5.41) is 3.21. The van der Waals surface area contributed by atoms with Crippen molar-refractivity contribution in [3.63, 3.8) is 0 Å². The predicted molar refractivity (Wildman–Crippen MR) is 173 cm³/mol. The molecular formula is C38H40N2O4. The topological polar surface area (TPSA) is 67.9 Å². The molecule has 1 saturated carbocycles. The third-order valence-corrected chi connectivity index (χ3v) is 9.56. The normalized spacial score (nSPS) is 20.5. The molecule has 6 heteroatoms. The van der Waals surface area contributed by atoms with Crippen LogP contribution in [0.2, 0.25) is 0 Å². The van der Waals surface area contributed by atoms with E-state index >= 15 is 0 Å². The number of nitrogens with zero attached hydrogens (tertiary/aromatic N) is 1. The Morgan fingerprint density at radius 3 is 2.09 bits per heavy atom. The van der Waals surface area contributed by atoms with Crippen molar-refractivity contribution in [1.29, 1.82) is 0 Å². The molecular weight excluding hydrogens is 548 g/mol. The SMILES string of the molecule is COc1ccc(NC(=O)C2(N(Cc3ccccc3)C(=O)Cc3ccccc3)CC[C@@H]3Cc4ccccc4C[C@H]3C2)c(OC)c1. The predicted octanol–water partition coefficient (Wildman–Crippen LogP) is 6.87. The highest BCUT2D eigenvalue weighted by Gasteiger charge is 2.52. The Morgan fingerprint density at radius 2 is 1.43 bits per heavy atom. The summed E-state index contributed by atoms with van der Waals surface area (Å²) >= 11 is 0. The van der Waals surface area contributed by atoms with Crippen LogP contribution in [-0.4, -0.2) is 36.5 Å². The van der Waals surface area contributed by atoms with Gasteiger partial charge in [-0.1, -0.05) is 84.9 Å². The zero-order valence-corrected chi connectivity index (χ0v) is 25.5. The van der Waals surface area contributed by atoms with Crippen LogP contribution in [0.5, 0.6) is 11.5 Å². The fourth-order valence-corrected chi connectivity index (χ4v) is 7.22. The Bertz CT molecular complexity index is 1610. The first-order valence-electron chi connectivity index (χ1n) is 15.5. The van der Waals surface area contributed by atoms with Gasteiger partial charge in [0.15, 0.2) is 0 Å². The maximum Gasteiger partial charge on any atom is 0.250 e. The molecule has 0 saturated heterocycles. The Hall–Kier alpha value is -4.58. The second kappa shape index (κ2) is 13.0. The molecule has 4 aromatic rings. The highest BCUT2D eigenvalue weighted by molar-refractivity contribution is 6.02. The van der Waals surface area contributed by atoms with E-state index in [1.807, 2.05) is 71.6 Å². The van der Waals surface area contributed by atoms with Gasteiger partial charge in [-0.05, 0) is 78.3 Å². The number of benzene rings is 4. The lowest BCUT2D eigenvalue weighted by Crippen LogP contribution is -2.62. The van der Waals surface area contributed by atoms with E-state index in [0.29, 0.717) is 42.5 Å². The number of anilines is 1. The first kappa shape index (κ1) is 29.5. The molecule has 6 rings (SSSR count). The van der Waals surface area contributed by atoms with Crippen molar-refractivity contribution in [3.8, 4) is 11.5 Å². The van der Waals surface area contributed by atoms with Gasteiger partial charge in [-0.2, -0.15) is 0 Å². The smallest absolute Gasteiger partial charge is 0.250 e. The third-order valence-electron chi connectivity index (χ3n) is 9.56. The minimum Gasteiger partial charge on any atom is -0.497 e. The molecule has 2 amide bonds. The molecule has 44 heavy (non-hydrogen) atoms. The highest BCUT2D eigenvalue weighted by atomic mass is 16.5. The van der Waals surface area contributed by atoms with Gasteiger partial charge in [0.2, 0.25) is 11.8 Å². The second-order valence-corrected chi connectivity index (χ2v) is 12.1. The molecule has 6 nitrogen and oxygen atoms in total. The summed E-state index contributed by atoms with van der Waals surface area (Å²) in [6.45, 7) is 0.355. The Kier molecular flexibility index (Phi) is 8.69. The average Bonchev–Trinajstić information content (AvgIpc) is 3.07. The molecule has 0 spiro atoms. The summed E-state index contributed by atoms with van der Waals surface area (Å²) in [5.74, 6) is 1.69. The van der Waals surface area contributed by atoms with Crippen LogP contribution in [0.3, 0.4) is 0 Å². The van der Waals surface area contributed by atoms with E-state index in [1.165, 1.54) is 11.1 Å². The van der Waals surface area contributed by atoms with E-state index in [9.17, 15) is 9.59 Å². The van der Waals surface area contributed by atoms with E-state index in [-0.39, 0.29) is 24.2 Å². The lowest BCUT2D eigenvalue weighted by atomic mass is 9.62. The van der Waals surface area contributed by atoms with E-state index in [0.717, 1.165) is 30.4 Å². The zero-order chi connectivity index (χ0) is 30.5. The monoisotopic (exact) mass is 588 g/mol. The summed E-state index contributed by atoms with van der Waals surface area (Å²) in [7, 11) is 3.18. The minimum atomic E-state index is -1.04. The molecule has 2 aliphatic rings. The lowest BCUT2D eigenvalue weighted by molar-refractivity contribution is -0.150. The van der Waals surface area contributed by atoms with Gasteiger partial charge < -0.3 is 19.7 Å². The van der Waals surface area contributed by atoms with Gasteiger partial charge >= 0.3 is 0 Å². The molecule has 226 valence electrons. The van der Waals surface area contributed by atoms with Crippen molar-refractivity contribution in [1.82, 2.24) is 4.90 Å². The van der Waals surface area contributed by atoms with Gasteiger partial charge in [-0.25, -0.2) is 0 Å². The Balaban J connectivity index is 1.41. The van der Waals surface area contributed by atoms with Crippen molar-refractivity contribution in [2.75, 3.05) is 19.5 Å². The van der Waals surface area contributed by atoms with Crippen LogP contribution >= 0.6 is 0 Å². The molecule has 4 aromatic carbocycles. The maximum atomic E-state index is 14.8. The van der Waals surface area contributed by atoms with Crippen molar-refractivity contribution >= 4 is 17.5 Å². The fourth-order valence-electron chi connectivity index (χ4n) is 7.22. The number of carbonyl (C=O) groups is 2. The number of methoxy groups -OCH3 is 2. The molecule has 2 aliphatic carbocycles. The molecule has 0 aliphatic heterocycles. The van der Waals surface area contributed by atoms with E-state index in [1.54, 1.807) is 26.4 Å². The highest BCUT2D eigenvalue weighted by Crippen LogP contribution is 2.47. The standard InChI is InChI=1S/C38H40N2O4/c1-43-33-17-18-34(35(24-33)44-2)39-37(42)38(20-19-31-22-29-15-9-10-16-30(29)23-32(31)25-38)40(26-28-13-7-4-8-14-28)36(41)21-27-11-5-3-6-12-27/h3-18,24,31-32H,19-23,25-26H2,1-2H3,(H,39,42)/t31-,32+,38?/m1/s1. The number of fused-ring (bicyclic) bond motifs is 2. The number of nitrogens with one attached hydrogen (secondary N) is 1. The number of carbonyl (C=O) groups excluding carboxylic acids is 2. The maximum absolute atomic E-state index is 14.8. The van der Waals surface area contributed by atoms with Crippen molar-refractivity contribution < 1.29 is 19.1 Å². The van der Waals surface area contributed by atoms with Gasteiger partial charge in [-0.15, -0.1) is 0 Å². The molecule has 1 fully saturated rings. The summed E-state index contributed by atoms with van der Waals surface area (Å²) in [6.07, 6.45) is 4.22. The summed E-state index contributed by atoms with van der Waals surface area (Å²) in [4.78, 5) is 31.2. The van der Waals surface area contributed by atoms with Crippen LogP contribution in [-0.2, 0) is 35.4 Å². The number of hydrogen-bond donors (Lipinski definition) is 1. The van der Waals surface area contributed by atoms with Crippen LogP contribution in [0.1, 0.15) is 41.5 Å². The van der Waals surface area contributed by atoms with Gasteiger partial charge in [-0.3, -0.25) is 9.59 Å². The van der Waals surface area contributed by atoms with E-state index in [2.05, 4.69) is 29.6 Å². The summed E-state index contributed by atoms with van der Waals surface area (Å²) in [5.41, 5.74) is 4.22. The van der Waals surface area contributed by atoms with Gasteiger partial charge in [0.1, 0.15) is 17.0 Å². The summed E-state index contributed by atoms with van der Waals surface area (Å²) in [6, 6.07) is 33.9. The van der Waals surface area contributed by atoms with Gasteiger partial charge in [0, 0.05) is 12.6 Å². The summed E-state index contributed by atoms with van der Waals surface area (Å²) < 4.78 is 11.0. The molecule has 0 bridgehead atoms. The Morgan fingerprint density at radius 1 is 0.795 bits per heavy atom. The number of amides is 2. The number of ether oxygens (including phenoxy) is 2. The molecule has 1 N–H and O–H groups in total. The van der Waals surface area contributed by atoms with Crippen LogP contribution in [0, 0.1) is 11.8 Å². The Labute approximate surface area is 260 Å². The van der Waals surface area contributed by atoms with Gasteiger partial charge in [0.05, 0.1) is 26.3 Å². The van der Waals surface area contributed by atoms with Crippen LogP contribution < -0.4 is 14.8 Å². The second-order valence-electron chi connectivity index (χ2n) is 12.1. The number of rotatable bonds is 9. The van der Waals surface area contributed by atoms with Crippen molar-refractivity contribution in [2.45, 2.75) is 50.6 Å². The van der Waals surface area contributed by atoms with Gasteiger partial charge in [0.25, 0.3) is 0 Å². The van der Waals surface area contributed by atoms with Crippen LogP contribution in [0.4, 0.5) is 5.69 Å². The molecule has 0 radical (unpaired) electrons.